The second-order valence-electron chi connectivity index (χ2n) is 35.1. The Hall–Kier alpha value is -12.1. The first-order valence-corrected chi connectivity index (χ1v) is 49.1. The number of nitrogens with zero attached hydrogens (tertiary/aromatic N) is 8. The minimum atomic E-state index is -4.45. The summed E-state index contributed by atoms with van der Waals surface area (Å²) in [6, 6.07) is 105. The highest BCUT2D eigenvalue weighted by Gasteiger charge is 2.39. The fourth-order valence-electron chi connectivity index (χ4n) is 18.0. The number of rotatable bonds is 20. The van der Waals surface area contributed by atoms with E-state index in [1.165, 1.54) is 6.07 Å². The van der Waals surface area contributed by atoms with Gasteiger partial charge in [-0.3, -0.25) is 19.2 Å². The van der Waals surface area contributed by atoms with Crippen LogP contribution in [0.15, 0.2) is 334 Å². The van der Waals surface area contributed by atoms with Crippen molar-refractivity contribution >= 4 is 139 Å². The third-order valence-electron chi connectivity index (χ3n) is 25.4. The quantitative estimate of drug-likeness (QED) is 0.0731. The van der Waals surface area contributed by atoms with Crippen LogP contribution >= 0.6 is 92.8 Å². The average molecular weight is 2020 g/mol. The summed E-state index contributed by atoms with van der Waals surface area (Å²) in [5.41, 5.74) is 14.9. The van der Waals surface area contributed by atoms with E-state index in [0.717, 1.165) is 118 Å². The molecule has 0 aromatic heterocycles. The van der Waals surface area contributed by atoms with Crippen molar-refractivity contribution < 1.29 is 41.8 Å². The predicted octanol–water partition coefficient (Wildman–Crippen LogP) is 28.9. The summed E-state index contributed by atoms with van der Waals surface area (Å²) in [6.45, 7) is 17.0. The van der Waals surface area contributed by atoms with Crippen molar-refractivity contribution in [3.63, 3.8) is 0 Å². The van der Waals surface area contributed by atoms with Crippen LogP contribution in [0.25, 0.3) is 0 Å². The van der Waals surface area contributed by atoms with Gasteiger partial charge in [-0.2, -0.15) is 13.2 Å². The van der Waals surface area contributed by atoms with Gasteiger partial charge in [0.2, 0.25) is 23.6 Å². The van der Waals surface area contributed by atoms with Crippen molar-refractivity contribution in [2.75, 3.05) is 98.1 Å². The third-order valence-corrected chi connectivity index (χ3v) is 27.6. The zero-order valence-electron chi connectivity index (χ0n) is 77.4. The van der Waals surface area contributed by atoms with Crippen LogP contribution in [0.1, 0.15) is 109 Å². The number of ether oxygens (including phenoxy) is 2. The summed E-state index contributed by atoms with van der Waals surface area (Å²) >= 11 is 51.1. The molecule has 4 unspecified atom stereocenters. The summed E-state index contributed by atoms with van der Waals surface area (Å²) < 4.78 is 51.3. The summed E-state index contributed by atoms with van der Waals surface area (Å²) in [5.74, 6) is 2.84. The number of carbonyl (C=O) groups excluding carboxylic acids is 4. The van der Waals surface area contributed by atoms with E-state index in [-0.39, 0.29) is 66.6 Å². The largest absolute Gasteiger partial charge is 0.457 e. The second-order valence-corrected chi connectivity index (χ2v) is 38.5. The van der Waals surface area contributed by atoms with E-state index in [9.17, 15) is 32.3 Å². The van der Waals surface area contributed by atoms with E-state index >= 15 is 0 Å². The molecule has 4 fully saturated rings. The van der Waals surface area contributed by atoms with Crippen LogP contribution in [0.4, 0.5) is 35.9 Å². The van der Waals surface area contributed by atoms with Crippen LogP contribution in [0, 0.1) is 27.7 Å². The van der Waals surface area contributed by atoms with Crippen molar-refractivity contribution in [1.82, 2.24) is 19.6 Å². The molecule has 18 rings (SSSR count). The molecule has 25 heteroatoms. The van der Waals surface area contributed by atoms with Crippen LogP contribution in [0.5, 0.6) is 23.0 Å². The Morgan fingerprint density at radius 2 is 0.626 bits per heavy atom. The summed E-state index contributed by atoms with van der Waals surface area (Å²) in [7, 11) is 0. The number of para-hydroxylation sites is 3. The normalized spacial score (nSPS) is 16.2. The molecule has 4 amide bonds. The molecule has 14 aromatic rings. The lowest BCUT2D eigenvalue weighted by Crippen LogP contribution is -2.51. The van der Waals surface area contributed by atoms with Gasteiger partial charge in [0.15, 0.2) is 0 Å². The van der Waals surface area contributed by atoms with E-state index in [2.05, 4.69) is 56.0 Å². The Bertz CT molecular complexity index is 6560. The van der Waals surface area contributed by atoms with Crippen molar-refractivity contribution in [2.45, 2.75) is 90.1 Å². The molecule has 0 N–H and O–H groups in total. The highest BCUT2D eigenvalue weighted by Crippen LogP contribution is 2.44. The Kier molecular flexibility index (Phi) is 34.4. The fourth-order valence-corrected chi connectivity index (χ4v) is 19.9. The molecule has 5 atom stereocenters. The topological polar surface area (TPSA) is 113 Å². The molecule has 0 saturated carbocycles. The number of anilines is 4. The molecule has 0 aliphatic carbocycles. The Morgan fingerprint density at radius 3 is 0.993 bits per heavy atom. The standard InChI is InChI=1S/2C31H28Cl2N2O2.C26H23Cl2F3N2O.C26H26Cl2N2O/c1-22-11-16-28(27(33)19-22)35-18-17-34(21-29(35)23-12-14-25(32)15-13-23)31(36)20-24-7-5-6-10-30(24)37-26-8-3-2-4-9-26;1-22-10-15-29(28(33)18-22)35-17-16-34(21-30(35)24-11-13-25(32)14-12-24)31(36)20-23-6-5-9-27(19-23)37-26-7-3-2-4-8-26;1-17-5-10-23(22(28)13-17)33-12-11-32(16-24(33)19-6-8-21(27)9-7-19)25(34)15-18-3-2-4-20(14-18)26(29,30)31;1-18-8-13-24(23(28)16-18)30-15-14-29(17-25(30)21-9-11-22(27)12-10-21)26(31)19(2)20-6-4-3-5-7-20/h2-16,19,29H,17-18,20-21H2,1H3;2-15,18-19,30H,16-17,20-21H2,1H3;2-10,13-14,24H,11-12,15-16H2,1H3;3-13,16,19,25H,14-15,17H2,1-2H3/t;;;19-,25?/m...1/s1. The van der Waals surface area contributed by atoms with Crippen LogP contribution in [-0.2, 0) is 44.6 Å². The minimum absolute atomic E-state index is 0.00172. The number of hydrogen-bond donors (Lipinski definition) is 0. The van der Waals surface area contributed by atoms with Crippen molar-refractivity contribution in [2.24, 2.45) is 0 Å². The maximum absolute atomic E-state index is 13.6. The average Bonchev–Trinajstić information content (AvgIpc) is 0.797. The molecule has 14 aromatic carbocycles. The van der Waals surface area contributed by atoms with E-state index in [1.807, 2.05) is 310 Å². The molecule has 0 spiro atoms. The molecule has 4 aliphatic heterocycles. The van der Waals surface area contributed by atoms with Gasteiger partial charge < -0.3 is 48.7 Å². The van der Waals surface area contributed by atoms with Crippen LogP contribution in [0.2, 0.25) is 40.2 Å². The smallest absolute Gasteiger partial charge is 0.416 e. The number of alkyl halides is 3. The molecule has 714 valence electrons. The van der Waals surface area contributed by atoms with Crippen LogP contribution < -0.4 is 29.1 Å². The highest BCUT2D eigenvalue weighted by molar-refractivity contribution is 6.35. The first-order chi connectivity index (χ1) is 67.0. The lowest BCUT2D eigenvalue weighted by atomic mass is 9.97. The van der Waals surface area contributed by atoms with Crippen molar-refractivity contribution in [3.05, 3.63) is 446 Å². The van der Waals surface area contributed by atoms with Gasteiger partial charge in [-0.25, -0.2) is 0 Å². The number of carbonyl (C=O) groups is 4. The maximum Gasteiger partial charge on any atom is 0.416 e. The number of amides is 4. The van der Waals surface area contributed by atoms with Gasteiger partial charge in [0.05, 0.1) is 97.8 Å². The summed E-state index contributed by atoms with van der Waals surface area (Å²) in [6.07, 6.45) is -3.97. The van der Waals surface area contributed by atoms with Gasteiger partial charge in [0.1, 0.15) is 23.0 Å². The van der Waals surface area contributed by atoms with E-state index in [4.69, 9.17) is 102 Å². The number of benzene rings is 14. The molecule has 4 aliphatic rings. The van der Waals surface area contributed by atoms with Crippen LogP contribution in [-0.4, -0.2) is 122 Å². The molecule has 0 bridgehead atoms. The first-order valence-electron chi connectivity index (χ1n) is 46.1. The Balaban J connectivity index is 0.000000141. The molecule has 4 saturated heterocycles. The summed E-state index contributed by atoms with van der Waals surface area (Å²) in [4.78, 5) is 70.1. The predicted molar refractivity (Wildman–Crippen MR) is 561 cm³/mol. The maximum atomic E-state index is 13.6. The van der Waals surface area contributed by atoms with Gasteiger partial charge >= 0.3 is 6.18 Å². The van der Waals surface area contributed by atoms with E-state index in [0.29, 0.717) is 131 Å². The van der Waals surface area contributed by atoms with Gasteiger partial charge in [0, 0.05) is 104 Å². The number of piperazine rings is 4. The SMILES string of the molecule is Cc1ccc(N2CCN(C(=O)Cc3cccc(C(F)(F)F)c3)CC2c2ccc(Cl)cc2)c(Cl)c1.Cc1ccc(N2CCN(C(=O)Cc3cccc(Oc4ccccc4)c3)CC2c2ccc(Cl)cc2)c(Cl)c1.Cc1ccc(N2CCN(C(=O)Cc3ccccc3Oc3ccccc3)CC2c2ccc(Cl)cc2)c(Cl)c1.Cc1ccc(N2CCN(C(=O)[C@H](C)c3ccccc3)CC2c2ccc(Cl)cc2)c(Cl)c1. The van der Waals surface area contributed by atoms with Gasteiger partial charge in [0.25, 0.3) is 0 Å². The third kappa shape index (κ3) is 26.7. The fraction of sp³-hybridized carbons (Fsp3) is 0.228. The van der Waals surface area contributed by atoms with Gasteiger partial charge in [-0.15, -0.1) is 0 Å². The Morgan fingerprint density at radius 1 is 0.317 bits per heavy atom. The lowest BCUT2D eigenvalue weighted by molar-refractivity contribution is -0.138. The van der Waals surface area contributed by atoms with Gasteiger partial charge in [-0.05, 0) is 241 Å². The molecule has 139 heavy (non-hydrogen) atoms. The molecule has 14 nitrogen and oxygen atoms in total. The molecular weight excluding hydrogens is 1920 g/mol. The second kappa shape index (κ2) is 47.2. The number of hydrogen-bond acceptors (Lipinski definition) is 10. The highest BCUT2D eigenvalue weighted by atomic mass is 35.5. The summed E-state index contributed by atoms with van der Waals surface area (Å²) in [5, 5.41) is 5.47. The van der Waals surface area contributed by atoms with E-state index in [1.54, 1.807) is 23.1 Å². The minimum Gasteiger partial charge on any atom is -0.457 e. The molecule has 0 radical (unpaired) electrons. The van der Waals surface area contributed by atoms with E-state index < -0.39 is 11.7 Å². The van der Waals surface area contributed by atoms with Gasteiger partial charge in [-0.1, -0.05) is 281 Å². The van der Waals surface area contributed by atoms with Crippen molar-refractivity contribution in [1.29, 1.82) is 0 Å². The lowest BCUT2D eigenvalue weighted by Gasteiger charge is -2.44. The zero-order valence-corrected chi connectivity index (χ0v) is 83.5. The van der Waals surface area contributed by atoms with Crippen LogP contribution in [0.3, 0.4) is 0 Å². The van der Waals surface area contributed by atoms with Crippen molar-refractivity contribution in [3.8, 4) is 23.0 Å². The number of aryl methyl sites for hydroxylation is 4. The molecular formula is C114H105Cl8F3N8O6. The Labute approximate surface area is 851 Å². The monoisotopic (exact) mass is 2020 g/mol. The zero-order chi connectivity index (χ0) is 98.0. The molecule has 4 heterocycles. The first kappa shape index (κ1) is 101. The number of halogens is 11.